The first-order valence-corrected chi connectivity index (χ1v) is 12.0. The maximum absolute atomic E-state index is 12.5. The fourth-order valence-corrected chi connectivity index (χ4v) is 3.93. The van der Waals surface area contributed by atoms with Crippen molar-refractivity contribution in [2.75, 3.05) is 54.9 Å². The molecule has 4 heterocycles. The highest BCUT2D eigenvalue weighted by Crippen LogP contribution is 2.21. The summed E-state index contributed by atoms with van der Waals surface area (Å²) in [5.41, 5.74) is 1.78. The van der Waals surface area contributed by atoms with Crippen LogP contribution in [0.1, 0.15) is 10.4 Å². The predicted octanol–water partition coefficient (Wildman–Crippen LogP) is 2.44. The fraction of sp³-hybridized carbons (Fsp3) is 0.231. The zero-order valence-electron chi connectivity index (χ0n) is 20.2. The quantitative estimate of drug-likeness (QED) is 0.333. The molecule has 11 heteroatoms. The molecule has 3 aromatic heterocycles. The number of hydrogen-bond donors (Lipinski definition) is 3. The first kappa shape index (κ1) is 24.2. The Labute approximate surface area is 214 Å². The molecule has 0 saturated carbocycles. The predicted molar refractivity (Wildman–Crippen MR) is 141 cm³/mol. The van der Waals surface area contributed by atoms with Crippen molar-refractivity contribution in [3.63, 3.8) is 0 Å². The molecule has 1 aliphatic rings. The summed E-state index contributed by atoms with van der Waals surface area (Å²) in [6, 6.07) is 18.2. The molecule has 0 bridgehead atoms. The number of rotatable bonds is 8. The van der Waals surface area contributed by atoms with E-state index >= 15 is 0 Å². The summed E-state index contributed by atoms with van der Waals surface area (Å²) in [5, 5.41) is 15.2. The second-order valence-corrected chi connectivity index (χ2v) is 8.43. The highest BCUT2D eigenvalue weighted by atomic mass is 16.3. The van der Waals surface area contributed by atoms with Crippen LogP contribution in [-0.2, 0) is 0 Å². The van der Waals surface area contributed by atoms with Crippen molar-refractivity contribution in [2.24, 2.45) is 0 Å². The summed E-state index contributed by atoms with van der Waals surface area (Å²) in [5.74, 6) is 1.57. The van der Waals surface area contributed by atoms with Crippen LogP contribution in [0.4, 0.5) is 23.4 Å². The number of carbonyl (C=O) groups is 1. The minimum atomic E-state index is -0.245. The Morgan fingerprint density at radius 2 is 1.70 bits per heavy atom. The molecule has 11 nitrogen and oxygen atoms in total. The molecule has 0 radical (unpaired) electrons. The Kier molecular flexibility index (Phi) is 7.53. The van der Waals surface area contributed by atoms with Gasteiger partial charge in [-0.05, 0) is 36.4 Å². The first-order valence-electron chi connectivity index (χ1n) is 12.0. The summed E-state index contributed by atoms with van der Waals surface area (Å²) < 4.78 is 0. The molecule has 1 amide bonds. The molecule has 1 aromatic carbocycles. The number of para-hydroxylation sites is 1. The second-order valence-electron chi connectivity index (χ2n) is 8.43. The Bertz CT molecular complexity index is 1310. The fourth-order valence-electron chi connectivity index (χ4n) is 3.93. The zero-order valence-corrected chi connectivity index (χ0v) is 20.2. The smallest absolute Gasteiger partial charge is 0.257 e. The van der Waals surface area contributed by atoms with Crippen LogP contribution in [0.15, 0.2) is 73.1 Å². The van der Waals surface area contributed by atoms with E-state index in [1.807, 2.05) is 48.5 Å². The van der Waals surface area contributed by atoms with Crippen molar-refractivity contribution >= 4 is 29.3 Å². The first-order chi connectivity index (χ1) is 18.2. The number of pyridine rings is 2. The molecular formula is C26H27N9O2. The maximum Gasteiger partial charge on any atom is 0.257 e. The number of aliphatic hydroxyl groups excluding tert-OH is 1. The van der Waals surface area contributed by atoms with Crippen LogP contribution in [0.5, 0.6) is 0 Å². The van der Waals surface area contributed by atoms with E-state index in [1.165, 1.54) is 6.20 Å². The molecule has 0 aliphatic carbocycles. The summed E-state index contributed by atoms with van der Waals surface area (Å²) in [4.78, 5) is 39.5. The molecule has 1 saturated heterocycles. The van der Waals surface area contributed by atoms with Gasteiger partial charge < -0.3 is 20.6 Å². The van der Waals surface area contributed by atoms with Crippen molar-refractivity contribution < 1.29 is 9.90 Å². The third-order valence-corrected chi connectivity index (χ3v) is 5.89. The monoisotopic (exact) mass is 497 g/mol. The number of nitrogens with zero attached hydrogens (tertiary/aromatic N) is 7. The largest absolute Gasteiger partial charge is 0.395 e. The normalized spacial score (nSPS) is 13.8. The zero-order chi connectivity index (χ0) is 25.5. The number of anilines is 4. The lowest BCUT2D eigenvalue weighted by Gasteiger charge is -2.34. The number of β-amino-alcohol motifs (C(OH)–C–C–N with tert-alkyl or cyclic N) is 1. The Morgan fingerprint density at radius 3 is 2.41 bits per heavy atom. The van der Waals surface area contributed by atoms with E-state index in [2.05, 4.69) is 45.4 Å². The molecule has 3 N–H and O–H groups in total. The average Bonchev–Trinajstić information content (AvgIpc) is 2.95. The SMILES string of the molecule is O=C(Nc1ccccc1)c1ccc(Nc2nc(-c3ccccn3)nc(N3CCN(CCO)CC3)n2)nc1. The third-order valence-electron chi connectivity index (χ3n) is 5.89. The van der Waals surface area contributed by atoms with Crippen molar-refractivity contribution in [2.45, 2.75) is 0 Å². The van der Waals surface area contributed by atoms with Crippen LogP contribution in [0.25, 0.3) is 11.5 Å². The van der Waals surface area contributed by atoms with Gasteiger partial charge in [0.25, 0.3) is 5.91 Å². The van der Waals surface area contributed by atoms with Gasteiger partial charge in [-0.3, -0.25) is 14.7 Å². The standard InChI is InChI=1S/C26H27N9O2/c36-17-16-34-12-14-35(15-13-34)26-32-23(21-8-4-5-11-27-21)31-25(33-26)30-22-10-9-19(18-28-22)24(37)29-20-6-2-1-3-7-20/h1-11,18,36H,12-17H2,(H,29,37)(H,28,30,31,32,33). The van der Waals surface area contributed by atoms with E-state index in [0.717, 1.165) is 26.2 Å². The van der Waals surface area contributed by atoms with Crippen LogP contribution < -0.4 is 15.5 Å². The van der Waals surface area contributed by atoms with Gasteiger partial charge in [-0.1, -0.05) is 24.3 Å². The van der Waals surface area contributed by atoms with Gasteiger partial charge >= 0.3 is 0 Å². The van der Waals surface area contributed by atoms with E-state index in [9.17, 15) is 9.90 Å². The van der Waals surface area contributed by atoms with E-state index in [4.69, 9.17) is 0 Å². The maximum atomic E-state index is 12.5. The van der Waals surface area contributed by atoms with Gasteiger partial charge in [0.15, 0.2) is 5.82 Å². The Morgan fingerprint density at radius 1 is 0.892 bits per heavy atom. The molecule has 0 atom stereocenters. The van der Waals surface area contributed by atoms with E-state index in [1.54, 1.807) is 18.3 Å². The lowest BCUT2D eigenvalue weighted by Crippen LogP contribution is -2.47. The van der Waals surface area contributed by atoms with Gasteiger partial charge in [0.05, 0.1) is 12.2 Å². The molecule has 1 aliphatic heterocycles. The molecule has 1 fully saturated rings. The summed E-state index contributed by atoms with van der Waals surface area (Å²) in [6.45, 7) is 3.87. The lowest BCUT2D eigenvalue weighted by molar-refractivity contribution is 0.102. The molecule has 37 heavy (non-hydrogen) atoms. The number of piperazine rings is 1. The van der Waals surface area contributed by atoms with E-state index in [-0.39, 0.29) is 12.5 Å². The van der Waals surface area contributed by atoms with Crippen LogP contribution in [0.2, 0.25) is 0 Å². The van der Waals surface area contributed by atoms with E-state index in [0.29, 0.717) is 47.0 Å². The number of aliphatic hydroxyl groups is 1. The molecule has 0 spiro atoms. The second kappa shape index (κ2) is 11.5. The number of benzene rings is 1. The third kappa shape index (κ3) is 6.21. The van der Waals surface area contributed by atoms with E-state index < -0.39 is 0 Å². The summed E-state index contributed by atoms with van der Waals surface area (Å²) in [7, 11) is 0. The number of carbonyl (C=O) groups excluding carboxylic acids is 1. The van der Waals surface area contributed by atoms with Crippen molar-refractivity contribution in [1.82, 2.24) is 29.8 Å². The highest BCUT2D eigenvalue weighted by Gasteiger charge is 2.21. The van der Waals surface area contributed by atoms with Crippen molar-refractivity contribution in [1.29, 1.82) is 0 Å². The minimum Gasteiger partial charge on any atom is -0.395 e. The number of amides is 1. The number of hydrogen-bond acceptors (Lipinski definition) is 10. The average molecular weight is 498 g/mol. The molecule has 188 valence electrons. The molecule has 4 aromatic rings. The Balaban J connectivity index is 1.34. The number of nitrogens with one attached hydrogen (secondary N) is 2. The van der Waals surface area contributed by atoms with Gasteiger partial charge in [-0.25, -0.2) is 4.98 Å². The van der Waals surface area contributed by atoms with Gasteiger partial charge in [-0.15, -0.1) is 0 Å². The summed E-state index contributed by atoms with van der Waals surface area (Å²) >= 11 is 0. The number of aromatic nitrogens is 5. The molecular weight excluding hydrogens is 470 g/mol. The van der Waals surface area contributed by atoms with Crippen molar-refractivity contribution in [3.05, 3.63) is 78.6 Å². The van der Waals surface area contributed by atoms with Crippen LogP contribution in [0, 0.1) is 0 Å². The molecule has 0 unspecified atom stereocenters. The lowest BCUT2D eigenvalue weighted by atomic mass is 10.2. The van der Waals surface area contributed by atoms with Crippen LogP contribution >= 0.6 is 0 Å². The highest BCUT2D eigenvalue weighted by molar-refractivity contribution is 6.04. The topological polar surface area (TPSA) is 132 Å². The van der Waals surface area contributed by atoms with Gasteiger partial charge in [0, 0.05) is 50.8 Å². The van der Waals surface area contributed by atoms with Gasteiger partial charge in [0.2, 0.25) is 11.9 Å². The summed E-state index contributed by atoms with van der Waals surface area (Å²) in [6.07, 6.45) is 3.20. The molecule has 5 rings (SSSR count). The minimum absolute atomic E-state index is 0.142. The van der Waals surface area contributed by atoms with Crippen LogP contribution in [-0.4, -0.2) is 80.2 Å². The Hall–Kier alpha value is -4.48. The van der Waals surface area contributed by atoms with Crippen LogP contribution in [0.3, 0.4) is 0 Å². The van der Waals surface area contributed by atoms with Crippen molar-refractivity contribution in [3.8, 4) is 11.5 Å². The van der Waals surface area contributed by atoms with Gasteiger partial charge in [0.1, 0.15) is 11.5 Å². The van der Waals surface area contributed by atoms with Gasteiger partial charge in [-0.2, -0.15) is 15.0 Å².